The maximum Gasteiger partial charge on any atom is 0.408 e. The monoisotopic (exact) mass is 556 g/mol. The normalized spacial score (nSPS) is 12.5. The SMILES string of the molecule is CC(C)CC(NC(=O)OCc1ccccc1)C(=O)NC(CCSCc1ccco1)C(=O)c1ccc(Cl)cc1. The van der Waals surface area contributed by atoms with E-state index >= 15 is 0 Å². The van der Waals surface area contributed by atoms with Gasteiger partial charge in [-0.25, -0.2) is 4.79 Å². The van der Waals surface area contributed by atoms with E-state index in [4.69, 9.17) is 20.8 Å². The van der Waals surface area contributed by atoms with Gasteiger partial charge in [-0.05, 0) is 66.5 Å². The van der Waals surface area contributed by atoms with Gasteiger partial charge in [0.25, 0.3) is 0 Å². The van der Waals surface area contributed by atoms with E-state index in [1.54, 1.807) is 42.3 Å². The summed E-state index contributed by atoms with van der Waals surface area (Å²) in [7, 11) is 0. The first-order valence-corrected chi connectivity index (χ1v) is 14.0. The van der Waals surface area contributed by atoms with Crippen molar-refractivity contribution in [1.82, 2.24) is 10.6 Å². The predicted molar refractivity (Wildman–Crippen MR) is 150 cm³/mol. The summed E-state index contributed by atoms with van der Waals surface area (Å²) in [5, 5.41) is 6.08. The lowest BCUT2D eigenvalue weighted by molar-refractivity contribution is -0.124. The number of nitrogens with one attached hydrogen (secondary N) is 2. The van der Waals surface area contributed by atoms with Crippen molar-refractivity contribution in [1.29, 1.82) is 0 Å². The Kier molecular flexibility index (Phi) is 11.8. The van der Waals surface area contributed by atoms with Crippen LogP contribution < -0.4 is 10.6 Å². The van der Waals surface area contributed by atoms with Crippen molar-refractivity contribution in [3.05, 3.63) is 94.9 Å². The van der Waals surface area contributed by atoms with E-state index in [2.05, 4.69) is 10.6 Å². The number of ketones is 1. The number of alkyl carbamates (subject to hydrolysis) is 1. The molecule has 0 spiro atoms. The number of Topliss-reactive ketones (excluding diaryl/α,β-unsaturated/α-hetero) is 1. The van der Waals surface area contributed by atoms with Gasteiger partial charge in [0.2, 0.25) is 5.91 Å². The Balaban J connectivity index is 1.65. The maximum atomic E-state index is 13.3. The highest BCUT2D eigenvalue weighted by Gasteiger charge is 2.28. The number of hydrogen-bond acceptors (Lipinski definition) is 6. The Hall–Kier alpha value is -3.23. The van der Waals surface area contributed by atoms with Crippen LogP contribution in [0.15, 0.2) is 77.4 Å². The van der Waals surface area contributed by atoms with Gasteiger partial charge in [-0.3, -0.25) is 9.59 Å². The highest BCUT2D eigenvalue weighted by Crippen LogP contribution is 2.18. The number of ether oxygens (including phenoxy) is 1. The molecule has 2 N–H and O–H groups in total. The molecule has 3 rings (SSSR count). The summed E-state index contributed by atoms with van der Waals surface area (Å²) in [6.45, 7) is 4.00. The second-order valence-corrected chi connectivity index (χ2v) is 10.8. The molecule has 0 aliphatic carbocycles. The summed E-state index contributed by atoms with van der Waals surface area (Å²) < 4.78 is 10.7. The Morgan fingerprint density at radius 3 is 2.34 bits per heavy atom. The fourth-order valence-electron chi connectivity index (χ4n) is 3.74. The molecule has 2 amide bonds. The van der Waals surface area contributed by atoms with Gasteiger partial charge in [-0.2, -0.15) is 11.8 Å². The number of rotatable bonds is 14. The van der Waals surface area contributed by atoms with Gasteiger partial charge in [0.15, 0.2) is 5.78 Å². The number of thioether (sulfide) groups is 1. The Morgan fingerprint density at radius 1 is 0.947 bits per heavy atom. The lowest BCUT2D eigenvalue weighted by atomic mass is 9.99. The summed E-state index contributed by atoms with van der Waals surface area (Å²) in [4.78, 5) is 39.2. The van der Waals surface area contributed by atoms with Gasteiger partial charge in [-0.15, -0.1) is 0 Å². The summed E-state index contributed by atoms with van der Waals surface area (Å²) in [5.74, 6) is 1.59. The van der Waals surface area contributed by atoms with Crippen molar-refractivity contribution in [3.8, 4) is 0 Å². The van der Waals surface area contributed by atoms with Crippen LogP contribution >= 0.6 is 23.4 Å². The van der Waals surface area contributed by atoms with Gasteiger partial charge in [0.1, 0.15) is 18.4 Å². The van der Waals surface area contributed by atoms with E-state index in [-0.39, 0.29) is 18.3 Å². The minimum Gasteiger partial charge on any atom is -0.468 e. The molecule has 0 radical (unpaired) electrons. The first-order valence-electron chi connectivity index (χ1n) is 12.5. The average molecular weight is 557 g/mol. The first-order chi connectivity index (χ1) is 18.3. The second kappa shape index (κ2) is 15.2. The van der Waals surface area contributed by atoms with Crippen LogP contribution in [0.2, 0.25) is 5.02 Å². The zero-order valence-corrected chi connectivity index (χ0v) is 23.1. The molecule has 2 unspecified atom stereocenters. The van der Waals surface area contributed by atoms with E-state index in [0.29, 0.717) is 34.9 Å². The van der Waals surface area contributed by atoms with Gasteiger partial charge in [0.05, 0.1) is 18.1 Å². The van der Waals surface area contributed by atoms with Gasteiger partial charge >= 0.3 is 6.09 Å². The smallest absolute Gasteiger partial charge is 0.408 e. The molecular weight excluding hydrogens is 524 g/mol. The predicted octanol–water partition coefficient (Wildman–Crippen LogP) is 6.27. The van der Waals surface area contributed by atoms with Crippen LogP contribution in [0.5, 0.6) is 0 Å². The number of halogens is 1. The van der Waals surface area contributed by atoms with Crippen molar-refractivity contribution in [3.63, 3.8) is 0 Å². The second-order valence-electron chi connectivity index (χ2n) is 9.24. The molecule has 0 saturated carbocycles. The summed E-state index contributed by atoms with van der Waals surface area (Å²) in [6, 6.07) is 18.0. The molecule has 0 aliphatic rings. The van der Waals surface area contributed by atoms with Crippen LogP contribution in [0.1, 0.15) is 48.4 Å². The van der Waals surface area contributed by atoms with Crippen LogP contribution in [0, 0.1) is 5.92 Å². The summed E-state index contributed by atoms with van der Waals surface area (Å²) in [6.07, 6.45) is 1.73. The first kappa shape index (κ1) is 29.3. The molecule has 0 saturated heterocycles. The van der Waals surface area contributed by atoms with E-state index in [9.17, 15) is 14.4 Å². The van der Waals surface area contributed by atoms with Gasteiger partial charge in [0, 0.05) is 10.6 Å². The van der Waals surface area contributed by atoms with Crippen LogP contribution in [0.4, 0.5) is 4.79 Å². The summed E-state index contributed by atoms with van der Waals surface area (Å²) in [5.41, 5.74) is 1.29. The van der Waals surface area contributed by atoms with Crippen molar-refractivity contribution < 1.29 is 23.5 Å². The van der Waals surface area contributed by atoms with E-state index in [1.807, 2.05) is 56.3 Å². The van der Waals surface area contributed by atoms with Crippen molar-refractivity contribution in [2.75, 3.05) is 5.75 Å². The fraction of sp³-hybridized carbons (Fsp3) is 0.345. The molecule has 2 atom stereocenters. The zero-order chi connectivity index (χ0) is 27.3. The molecule has 0 bridgehead atoms. The molecule has 0 aliphatic heterocycles. The minimum absolute atomic E-state index is 0.0905. The highest BCUT2D eigenvalue weighted by atomic mass is 35.5. The average Bonchev–Trinajstić information content (AvgIpc) is 3.43. The number of benzene rings is 2. The molecule has 202 valence electrons. The number of amides is 2. The zero-order valence-electron chi connectivity index (χ0n) is 21.5. The van der Waals surface area contributed by atoms with Crippen molar-refractivity contribution in [2.45, 2.75) is 51.1 Å². The molecule has 3 aromatic rings. The third kappa shape index (κ3) is 9.91. The van der Waals surface area contributed by atoms with Crippen LogP contribution in [0.3, 0.4) is 0 Å². The standard InChI is InChI=1S/C29H33ClN2O5S/c1-20(2)17-26(32-29(35)37-18-21-7-4-3-5-8-21)28(34)31-25(14-16-38-19-24-9-6-15-36-24)27(33)22-10-12-23(30)13-11-22/h3-13,15,20,25-26H,14,16-19H2,1-2H3,(H,31,34)(H,32,35). The Morgan fingerprint density at radius 2 is 1.68 bits per heavy atom. The molecule has 2 aromatic carbocycles. The van der Waals surface area contributed by atoms with E-state index in [0.717, 1.165) is 11.3 Å². The Labute approximate surface area is 232 Å². The largest absolute Gasteiger partial charge is 0.468 e. The highest BCUT2D eigenvalue weighted by molar-refractivity contribution is 7.98. The molecular formula is C29H33ClN2O5S. The molecule has 38 heavy (non-hydrogen) atoms. The molecule has 7 nitrogen and oxygen atoms in total. The molecule has 0 fully saturated rings. The lowest BCUT2D eigenvalue weighted by Crippen LogP contribution is -2.52. The number of furan rings is 1. The minimum atomic E-state index is -0.852. The lowest BCUT2D eigenvalue weighted by Gasteiger charge is -2.24. The third-order valence-corrected chi connectivity index (χ3v) is 6.93. The fourth-order valence-corrected chi connectivity index (χ4v) is 4.77. The number of carbonyl (C=O) groups excluding carboxylic acids is 3. The number of carbonyl (C=O) groups is 3. The van der Waals surface area contributed by atoms with Crippen LogP contribution in [-0.4, -0.2) is 35.6 Å². The third-order valence-electron chi connectivity index (χ3n) is 5.67. The number of hydrogen-bond donors (Lipinski definition) is 2. The van der Waals surface area contributed by atoms with E-state index in [1.165, 1.54) is 0 Å². The topological polar surface area (TPSA) is 97.6 Å². The van der Waals surface area contributed by atoms with Gasteiger partial charge in [-0.1, -0.05) is 55.8 Å². The quantitative estimate of drug-likeness (QED) is 0.179. The van der Waals surface area contributed by atoms with E-state index < -0.39 is 24.1 Å². The molecule has 1 aromatic heterocycles. The maximum absolute atomic E-state index is 13.3. The Bertz CT molecular complexity index is 1150. The van der Waals surface area contributed by atoms with Gasteiger partial charge < -0.3 is 19.8 Å². The summed E-state index contributed by atoms with van der Waals surface area (Å²) >= 11 is 7.60. The van der Waals surface area contributed by atoms with Crippen molar-refractivity contribution >= 4 is 41.1 Å². The molecule has 1 heterocycles. The van der Waals surface area contributed by atoms with Crippen LogP contribution in [-0.2, 0) is 21.9 Å². The molecule has 9 heteroatoms. The van der Waals surface area contributed by atoms with Crippen molar-refractivity contribution in [2.24, 2.45) is 5.92 Å². The van der Waals surface area contributed by atoms with Crippen LogP contribution in [0.25, 0.3) is 0 Å².